The molecule has 0 saturated heterocycles. The quantitative estimate of drug-likeness (QED) is 0.718. The summed E-state index contributed by atoms with van der Waals surface area (Å²) in [5.74, 6) is 1.94. The van der Waals surface area contributed by atoms with E-state index in [9.17, 15) is 4.79 Å². The van der Waals surface area contributed by atoms with Gasteiger partial charge >= 0.3 is 0 Å². The third-order valence-corrected chi connectivity index (χ3v) is 4.17. The zero-order chi connectivity index (χ0) is 20.0. The molecule has 0 atom stereocenters. The Morgan fingerprint density at radius 2 is 1.41 bits per heavy atom. The van der Waals surface area contributed by atoms with E-state index in [4.69, 9.17) is 18.9 Å². The highest BCUT2D eigenvalue weighted by Crippen LogP contribution is 2.38. The normalized spacial score (nSPS) is 10.3. The van der Waals surface area contributed by atoms with Gasteiger partial charge in [0.1, 0.15) is 12.4 Å². The Labute approximate surface area is 160 Å². The van der Waals surface area contributed by atoms with Crippen LogP contribution in [0.3, 0.4) is 0 Å². The van der Waals surface area contributed by atoms with Crippen molar-refractivity contribution in [3.63, 3.8) is 0 Å². The SMILES string of the molecule is COc1cc(C(=O)NCCOc2c(C)cc(C)cc2C)cc(OC)c1OC. The van der Waals surface area contributed by atoms with Gasteiger partial charge in [0.2, 0.25) is 5.75 Å². The molecule has 6 nitrogen and oxygen atoms in total. The van der Waals surface area contributed by atoms with Crippen LogP contribution in [-0.4, -0.2) is 40.4 Å². The lowest BCUT2D eigenvalue weighted by atomic mass is 10.1. The van der Waals surface area contributed by atoms with E-state index in [1.54, 1.807) is 12.1 Å². The molecule has 1 amide bonds. The summed E-state index contributed by atoms with van der Waals surface area (Å²) in [5, 5.41) is 2.84. The fraction of sp³-hybridized carbons (Fsp3) is 0.381. The number of aryl methyl sites for hydroxylation is 3. The van der Waals surface area contributed by atoms with Gasteiger partial charge in [-0.3, -0.25) is 4.79 Å². The minimum atomic E-state index is -0.241. The van der Waals surface area contributed by atoms with Crippen LogP contribution in [0.4, 0.5) is 0 Å². The lowest BCUT2D eigenvalue weighted by Crippen LogP contribution is -2.28. The van der Waals surface area contributed by atoms with Crippen LogP contribution >= 0.6 is 0 Å². The minimum Gasteiger partial charge on any atom is -0.493 e. The highest BCUT2D eigenvalue weighted by atomic mass is 16.5. The van der Waals surface area contributed by atoms with Crippen molar-refractivity contribution in [2.45, 2.75) is 20.8 Å². The molecule has 2 aromatic rings. The number of nitrogens with one attached hydrogen (secondary N) is 1. The molecule has 0 unspecified atom stereocenters. The van der Waals surface area contributed by atoms with Crippen LogP contribution in [0.5, 0.6) is 23.0 Å². The monoisotopic (exact) mass is 373 g/mol. The molecule has 0 spiro atoms. The molecular formula is C21H27NO5. The standard InChI is InChI=1S/C21H27NO5/c1-13-9-14(2)19(15(3)10-13)27-8-7-22-21(23)16-11-17(24-4)20(26-6)18(12-16)25-5/h9-12H,7-8H2,1-6H3,(H,22,23). The largest absolute Gasteiger partial charge is 0.493 e. The molecule has 0 heterocycles. The van der Waals surface area contributed by atoms with Crippen molar-refractivity contribution in [1.29, 1.82) is 0 Å². The number of hydrogen-bond acceptors (Lipinski definition) is 5. The first-order valence-electron chi connectivity index (χ1n) is 8.70. The van der Waals surface area contributed by atoms with Crippen LogP contribution in [0.1, 0.15) is 27.0 Å². The smallest absolute Gasteiger partial charge is 0.251 e. The van der Waals surface area contributed by atoms with Crippen molar-refractivity contribution < 1.29 is 23.7 Å². The van der Waals surface area contributed by atoms with Crippen LogP contribution in [0.25, 0.3) is 0 Å². The van der Waals surface area contributed by atoms with E-state index in [0.29, 0.717) is 36.0 Å². The summed E-state index contributed by atoms with van der Waals surface area (Å²) >= 11 is 0. The Hall–Kier alpha value is -2.89. The summed E-state index contributed by atoms with van der Waals surface area (Å²) in [6.45, 7) is 6.85. The second-order valence-electron chi connectivity index (χ2n) is 6.25. The van der Waals surface area contributed by atoms with Gasteiger partial charge in [-0.05, 0) is 44.0 Å². The first-order valence-corrected chi connectivity index (χ1v) is 8.70. The summed E-state index contributed by atoms with van der Waals surface area (Å²) in [6, 6.07) is 7.39. The number of ether oxygens (including phenoxy) is 4. The summed E-state index contributed by atoms with van der Waals surface area (Å²) < 4.78 is 21.7. The van der Waals surface area contributed by atoms with Crippen LogP contribution in [0.15, 0.2) is 24.3 Å². The fourth-order valence-electron chi connectivity index (χ4n) is 3.03. The lowest BCUT2D eigenvalue weighted by Gasteiger charge is -2.15. The van der Waals surface area contributed by atoms with Crippen molar-refractivity contribution in [2.75, 3.05) is 34.5 Å². The van der Waals surface area contributed by atoms with Gasteiger partial charge in [0.05, 0.1) is 27.9 Å². The average Bonchev–Trinajstić information content (AvgIpc) is 2.64. The molecule has 0 radical (unpaired) electrons. The molecule has 1 N–H and O–H groups in total. The van der Waals surface area contributed by atoms with Crippen molar-refractivity contribution in [2.24, 2.45) is 0 Å². The zero-order valence-corrected chi connectivity index (χ0v) is 16.8. The Morgan fingerprint density at radius 3 is 1.89 bits per heavy atom. The Morgan fingerprint density at radius 1 is 0.852 bits per heavy atom. The van der Waals surface area contributed by atoms with Crippen LogP contribution in [0.2, 0.25) is 0 Å². The van der Waals surface area contributed by atoms with Gasteiger partial charge in [0.15, 0.2) is 11.5 Å². The molecular weight excluding hydrogens is 346 g/mol. The van der Waals surface area contributed by atoms with Gasteiger partial charge in [-0.15, -0.1) is 0 Å². The Kier molecular flexibility index (Phi) is 6.93. The number of carbonyl (C=O) groups excluding carboxylic acids is 1. The first kappa shape index (κ1) is 20.4. The molecule has 0 aliphatic heterocycles. The molecule has 0 fully saturated rings. The van der Waals surface area contributed by atoms with Crippen LogP contribution in [-0.2, 0) is 0 Å². The number of amides is 1. The first-order chi connectivity index (χ1) is 12.9. The predicted octanol–water partition coefficient (Wildman–Crippen LogP) is 3.45. The Balaban J connectivity index is 2.00. The molecule has 0 bridgehead atoms. The number of methoxy groups -OCH3 is 3. The van der Waals surface area contributed by atoms with Gasteiger partial charge in [0, 0.05) is 5.56 Å². The summed E-state index contributed by atoms with van der Waals surface area (Å²) in [4.78, 5) is 12.5. The lowest BCUT2D eigenvalue weighted by molar-refractivity contribution is 0.0946. The molecule has 146 valence electrons. The molecule has 0 aromatic heterocycles. The second-order valence-corrected chi connectivity index (χ2v) is 6.25. The van der Waals surface area contributed by atoms with Crippen molar-refractivity contribution in [1.82, 2.24) is 5.32 Å². The maximum absolute atomic E-state index is 12.5. The van der Waals surface area contributed by atoms with E-state index in [2.05, 4.69) is 24.4 Å². The third kappa shape index (κ3) is 4.84. The summed E-state index contributed by atoms with van der Waals surface area (Å²) in [5.41, 5.74) is 3.80. The maximum atomic E-state index is 12.5. The predicted molar refractivity (Wildman–Crippen MR) is 105 cm³/mol. The van der Waals surface area contributed by atoms with E-state index in [-0.39, 0.29) is 5.91 Å². The number of benzene rings is 2. The second kappa shape index (κ2) is 9.16. The van der Waals surface area contributed by atoms with Crippen molar-refractivity contribution >= 4 is 5.91 Å². The molecule has 0 saturated carbocycles. The highest BCUT2D eigenvalue weighted by Gasteiger charge is 2.16. The molecule has 6 heteroatoms. The molecule has 0 aliphatic carbocycles. The van der Waals surface area contributed by atoms with Gasteiger partial charge in [-0.25, -0.2) is 0 Å². The highest BCUT2D eigenvalue weighted by molar-refractivity contribution is 5.95. The topological polar surface area (TPSA) is 66.0 Å². The zero-order valence-electron chi connectivity index (χ0n) is 16.8. The molecule has 0 aliphatic rings. The van der Waals surface area contributed by atoms with E-state index >= 15 is 0 Å². The number of carbonyl (C=O) groups is 1. The van der Waals surface area contributed by atoms with E-state index in [0.717, 1.165) is 16.9 Å². The molecule has 2 aromatic carbocycles. The Bertz CT molecular complexity index is 768. The van der Waals surface area contributed by atoms with E-state index in [1.807, 2.05) is 13.8 Å². The van der Waals surface area contributed by atoms with Gasteiger partial charge in [-0.2, -0.15) is 0 Å². The van der Waals surface area contributed by atoms with Crippen LogP contribution in [0, 0.1) is 20.8 Å². The van der Waals surface area contributed by atoms with E-state index in [1.165, 1.54) is 26.9 Å². The minimum absolute atomic E-state index is 0.241. The average molecular weight is 373 g/mol. The molecule has 2 rings (SSSR count). The fourth-order valence-corrected chi connectivity index (χ4v) is 3.03. The summed E-state index contributed by atoms with van der Waals surface area (Å²) in [7, 11) is 4.55. The third-order valence-electron chi connectivity index (χ3n) is 4.17. The van der Waals surface area contributed by atoms with Crippen molar-refractivity contribution in [3.8, 4) is 23.0 Å². The van der Waals surface area contributed by atoms with Crippen LogP contribution < -0.4 is 24.3 Å². The van der Waals surface area contributed by atoms with Crippen molar-refractivity contribution in [3.05, 3.63) is 46.5 Å². The van der Waals surface area contributed by atoms with Gasteiger partial charge < -0.3 is 24.3 Å². The molecule has 27 heavy (non-hydrogen) atoms. The maximum Gasteiger partial charge on any atom is 0.251 e. The van der Waals surface area contributed by atoms with E-state index < -0.39 is 0 Å². The summed E-state index contributed by atoms with van der Waals surface area (Å²) in [6.07, 6.45) is 0. The number of rotatable bonds is 8. The number of hydrogen-bond donors (Lipinski definition) is 1. The van der Waals surface area contributed by atoms with Gasteiger partial charge in [0.25, 0.3) is 5.91 Å². The van der Waals surface area contributed by atoms with Gasteiger partial charge in [-0.1, -0.05) is 17.7 Å².